The Kier molecular flexibility index (Phi) is 7.90. The quantitative estimate of drug-likeness (QED) is 0.399. The first-order valence-corrected chi connectivity index (χ1v) is 11.3. The minimum atomic E-state index is -0.615. The molecule has 0 aliphatic rings. The molecule has 0 aliphatic heterocycles. The molecule has 9 heteroatoms. The standard InChI is InChI=1S/C23H20Cl2N2O4S/c1-3-31-23(30)18-13(2)20(21(29)26-16-11-7-10-15(24)19(16)25)32-22(18)27-17(28)12-14-8-5-4-6-9-14/h4-11H,3,12H2,1-2H3,(H,26,29)(H,27,28). The van der Waals surface area contributed by atoms with Gasteiger partial charge in [0, 0.05) is 0 Å². The summed E-state index contributed by atoms with van der Waals surface area (Å²) < 4.78 is 5.14. The fourth-order valence-electron chi connectivity index (χ4n) is 3.00. The zero-order valence-corrected chi connectivity index (χ0v) is 19.7. The number of carbonyl (C=O) groups is 3. The monoisotopic (exact) mass is 490 g/mol. The highest BCUT2D eigenvalue weighted by Gasteiger charge is 2.27. The fourth-order valence-corrected chi connectivity index (χ4v) is 4.45. The van der Waals surface area contributed by atoms with Gasteiger partial charge < -0.3 is 15.4 Å². The van der Waals surface area contributed by atoms with E-state index in [0.717, 1.165) is 16.9 Å². The van der Waals surface area contributed by atoms with Crippen LogP contribution < -0.4 is 10.6 Å². The summed E-state index contributed by atoms with van der Waals surface area (Å²) in [5.41, 5.74) is 1.72. The van der Waals surface area contributed by atoms with Crippen LogP contribution in [0.15, 0.2) is 48.5 Å². The van der Waals surface area contributed by atoms with E-state index in [-0.39, 0.29) is 39.4 Å². The SMILES string of the molecule is CCOC(=O)c1c(NC(=O)Cc2ccccc2)sc(C(=O)Nc2cccc(Cl)c2Cl)c1C. The van der Waals surface area contributed by atoms with Crippen LogP contribution in [0.5, 0.6) is 0 Å². The van der Waals surface area contributed by atoms with Crippen molar-refractivity contribution in [2.24, 2.45) is 0 Å². The molecular formula is C23H20Cl2N2O4S. The molecule has 0 spiro atoms. The summed E-state index contributed by atoms with van der Waals surface area (Å²) in [6, 6.07) is 14.1. The van der Waals surface area contributed by atoms with Crippen LogP contribution in [0.25, 0.3) is 0 Å². The molecule has 1 aromatic heterocycles. The van der Waals surface area contributed by atoms with Gasteiger partial charge in [0.05, 0.1) is 39.2 Å². The Morgan fingerprint density at radius 1 is 1.00 bits per heavy atom. The number of hydrogen-bond acceptors (Lipinski definition) is 5. The topological polar surface area (TPSA) is 84.5 Å². The lowest BCUT2D eigenvalue weighted by molar-refractivity contribution is -0.115. The molecule has 166 valence electrons. The van der Waals surface area contributed by atoms with Crippen LogP contribution in [0.1, 0.15) is 38.1 Å². The Hall–Kier alpha value is -2.87. The molecule has 3 aromatic rings. The maximum atomic E-state index is 13.0. The summed E-state index contributed by atoms with van der Waals surface area (Å²) in [6.45, 7) is 3.47. The van der Waals surface area contributed by atoms with Crippen LogP contribution in [0.3, 0.4) is 0 Å². The lowest BCUT2D eigenvalue weighted by atomic mass is 10.1. The van der Waals surface area contributed by atoms with Crippen molar-refractivity contribution < 1.29 is 19.1 Å². The van der Waals surface area contributed by atoms with E-state index in [1.807, 2.05) is 30.3 Å². The zero-order valence-electron chi connectivity index (χ0n) is 17.3. The lowest BCUT2D eigenvalue weighted by Crippen LogP contribution is -2.16. The second kappa shape index (κ2) is 10.6. The summed E-state index contributed by atoms with van der Waals surface area (Å²) >= 11 is 13.2. The number of esters is 1. The predicted molar refractivity (Wildman–Crippen MR) is 128 cm³/mol. The maximum Gasteiger partial charge on any atom is 0.341 e. The molecule has 0 aliphatic carbocycles. The van der Waals surface area contributed by atoms with Crippen LogP contribution >= 0.6 is 34.5 Å². The van der Waals surface area contributed by atoms with E-state index >= 15 is 0 Å². The zero-order chi connectivity index (χ0) is 23.3. The van der Waals surface area contributed by atoms with Crippen molar-refractivity contribution in [1.82, 2.24) is 0 Å². The number of anilines is 2. The first kappa shape index (κ1) is 23.8. The van der Waals surface area contributed by atoms with Gasteiger partial charge in [-0.25, -0.2) is 4.79 Å². The van der Waals surface area contributed by atoms with Gasteiger partial charge >= 0.3 is 5.97 Å². The maximum absolute atomic E-state index is 13.0. The van der Waals surface area contributed by atoms with Crippen molar-refractivity contribution in [2.75, 3.05) is 17.2 Å². The van der Waals surface area contributed by atoms with Gasteiger partial charge in [-0.3, -0.25) is 9.59 Å². The van der Waals surface area contributed by atoms with Gasteiger partial charge in [-0.2, -0.15) is 0 Å². The second-order valence-corrected chi connectivity index (χ2v) is 8.55. The Morgan fingerprint density at radius 3 is 2.41 bits per heavy atom. The highest BCUT2D eigenvalue weighted by atomic mass is 35.5. The molecule has 0 saturated heterocycles. The summed E-state index contributed by atoms with van der Waals surface area (Å²) in [6.07, 6.45) is 0.125. The number of rotatable bonds is 7. The van der Waals surface area contributed by atoms with E-state index in [4.69, 9.17) is 27.9 Å². The van der Waals surface area contributed by atoms with Crippen molar-refractivity contribution in [1.29, 1.82) is 0 Å². The molecule has 6 nitrogen and oxygen atoms in total. The first-order chi connectivity index (χ1) is 15.3. The first-order valence-electron chi connectivity index (χ1n) is 9.71. The summed E-state index contributed by atoms with van der Waals surface area (Å²) in [7, 11) is 0. The molecule has 0 unspecified atom stereocenters. The third-order valence-corrected chi connectivity index (χ3v) is 6.52. The van der Waals surface area contributed by atoms with Gasteiger partial charge in [-0.1, -0.05) is 59.6 Å². The van der Waals surface area contributed by atoms with Crippen molar-refractivity contribution in [3.63, 3.8) is 0 Å². The van der Waals surface area contributed by atoms with Crippen LogP contribution in [0.2, 0.25) is 10.0 Å². The van der Waals surface area contributed by atoms with Gasteiger partial charge in [0.1, 0.15) is 5.00 Å². The second-order valence-electron chi connectivity index (χ2n) is 6.75. The smallest absolute Gasteiger partial charge is 0.341 e. The summed E-state index contributed by atoms with van der Waals surface area (Å²) in [5, 5.41) is 6.21. The third kappa shape index (κ3) is 5.48. The normalized spacial score (nSPS) is 10.5. The minimum absolute atomic E-state index is 0.125. The van der Waals surface area contributed by atoms with Crippen molar-refractivity contribution in [3.05, 3.63) is 80.1 Å². The van der Waals surface area contributed by atoms with Gasteiger partial charge in [-0.15, -0.1) is 11.3 Å². The van der Waals surface area contributed by atoms with Gasteiger partial charge in [0.15, 0.2) is 0 Å². The van der Waals surface area contributed by atoms with E-state index in [1.54, 1.807) is 32.0 Å². The van der Waals surface area contributed by atoms with Crippen LogP contribution in [-0.2, 0) is 16.0 Å². The predicted octanol–water partition coefficient (Wildman–Crippen LogP) is 5.97. The molecule has 2 aromatic carbocycles. The molecule has 32 heavy (non-hydrogen) atoms. The molecule has 3 rings (SSSR count). The number of hydrogen-bond donors (Lipinski definition) is 2. The average Bonchev–Trinajstić information content (AvgIpc) is 3.08. The summed E-state index contributed by atoms with van der Waals surface area (Å²) in [4.78, 5) is 38.4. The van der Waals surface area contributed by atoms with E-state index < -0.39 is 11.9 Å². The van der Waals surface area contributed by atoms with E-state index in [0.29, 0.717) is 16.3 Å². The molecule has 0 bridgehead atoms. The molecule has 0 radical (unpaired) electrons. The lowest BCUT2D eigenvalue weighted by Gasteiger charge is -2.08. The highest BCUT2D eigenvalue weighted by molar-refractivity contribution is 7.19. The summed E-state index contributed by atoms with van der Waals surface area (Å²) in [5.74, 6) is -1.41. The minimum Gasteiger partial charge on any atom is -0.462 e. The Morgan fingerprint density at radius 2 is 1.72 bits per heavy atom. The van der Waals surface area contributed by atoms with E-state index in [1.165, 1.54) is 0 Å². The number of carbonyl (C=O) groups excluding carboxylic acids is 3. The van der Waals surface area contributed by atoms with Crippen molar-refractivity contribution >= 4 is 63.0 Å². The number of nitrogens with one attached hydrogen (secondary N) is 2. The molecule has 0 saturated carbocycles. The van der Waals surface area contributed by atoms with E-state index in [2.05, 4.69) is 10.6 Å². The van der Waals surface area contributed by atoms with Crippen LogP contribution in [0.4, 0.5) is 10.7 Å². The van der Waals surface area contributed by atoms with Crippen molar-refractivity contribution in [2.45, 2.75) is 20.3 Å². The highest BCUT2D eigenvalue weighted by Crippen LogP contribution is 2.36. The Balaban J connectivity index is 1.90. The number of halogens is 2. The largest absolute Gasteiger partial charge is 0.462 e. The van der Waals surface area contributed by atoms with Crippen LogP contribution in [-0.4, -0.2) is 24.4 Å². The molecule has 0 atom stereocenters. The number of amides is 2. The Bertz CT molecular complexity index is 1160. The molecule has 2 N–H and O–H groups in total. The molecule has 0 fully saturated rings. The number of benzene rings is 2. The molecule has 1 heterocycles. The fraction of sp³-hybridized carbons (Fsp3) is 0.174. The average molecular weight is 491 g/mol. The van der Waals surface area contributed by atoms with Gasteiger partial charge in [-0.05, 0) is 37.1 Å². The molecule has 2 amide bonds. The molecular weight excluding hydrogens is 471 g/mol. The van der Waals surface area contributed by atoms with Crippen molar-refractivity contribution in [3.8, 4) is 0 Å². The number of thiophene rings is 1. The Labute approximate surface area is 199 Å². The van der Waals surface area contributed by atoms with E-state index in [9.17, 15) is 14.4 Å². The number of ether oxygens (including phenoxy) is 1. The van der Waals surface area contributed by atoms with Gasteiger partial charge in [0.25, 0.3) is 5.91 Å². The third-order valence-electron chi connectivity index (χ3n) is 4.49. The van der Waals surface area contributed by atoms with Crippen LogP contribution in [0, 0.1) is 6.92 Å². The van der Waals surface area contributed by atoms with Gasteiger partial charge in [0.2, 0.25) is 5.91 Å².